The van der Waals surface area contributed by atoms with E-state index < -0.39 is 5.97 Å². The maximum absolute atomic E-state index is 10.9. The van der Waals surface area contributed by atoms with Crippen molar-refractivity contribution in [3.63, 3.8) is 0 Å². The molecule has 76 valence electrons. The molecule has 14 heavy (non-hydrogen) atoms. The third-order valence-corrected chi connectivity index (χ3v) is 1.99. The normalized spacial score (nSPS) is 11.8. The maximum Gasteiger partial charge on any atom is 0.339 e. The third-order valence-electron chi connectivity index (χ3n) is 1.99. The lowest BCUT2D eigenvalue weighted by Gasteiger charge is -1.97. The number of nitrogens with zero attached hydrogens (tertiary/aromatic N) is 1. The van der Waals surface area contributed by atoms with Crippen LogP contribution in [0.5, 0.6) is 0 Å². The number of aromatic carboxylic acids is 1. The predicted octanol–water partition coefficient (Wildman–Crippen LogP) is 1.79. The summed E-state index contributed by atoms with van der Waals surface area (Å²) < 4.78 is 5.16. The van der Waals surface area contributed by atoms with Crippen molar-refractivity contribution in [3.05, 3.63) is 22.6 Å². The van der Waals surface area contributed by atoms with Crippen LogP contribution < -0.4 is 0 Å². The second kappa shape index (κ2) is 3.53. The minimum absolute atomic E-state index is 0.0535. The van der Waals surface area contributed by atoms with Crippen molar-refractivity contribution >= 4 is 11.7 Å². The lowest BCUT2D eigenvalue weighted by molar-refractivity contribution is 0.0695. The summed E-state index contributed by atoms with van der Waals surface area (Å²) in [7, 11) is 0. The molecule has 0 saturated carbocycles. The van der Waals surface area contributed by atoms with Crippen LogP contribution in [0.1, 0.15) is 34.4 Å². The highest BCUT2D eigenvalue weighted by Crippen LogP contribution is 2.22. The number of hydrogen-bond donors (Lipinski definition) is 2. The van der Waals surface area contributed by atoms with Gasteiger partial charge in [0, 0.05) is 0 Å². The van der Waals surface area contributed by atoms with Gasteiger partial charge in [0.2, 0.25) is 0 Å². The lowest BCUT2D eigenvalue weighted by Crippen LogP contribution is -2.06. The molecule has 0 aliphatic rings. The SMILES string of the molecule is C/C(=N\O)c1c(C)oc(C)c1C(=O)O. The van der Waals surface area contributed by atoms with Gasteiger partial charge in [0.05, 0.1) is 11.3 Å². The van der Waals surface area contributed by atoms with Gasteiger partial charge in [-0.25, -0.2) is 4.79 Å². The van der Waals surface area contributed by atoms with Crippen molar-refractivity contribution < 1.29 is 19.5 Å². The van der Waals surface area contributed by atoms with Crippen LogP contribution >= 0.6 is 0 Å². The summed E-state index contributed by atoms with van der Waals surface area (Å²) in [6.07, 6.45) is 0. The third kappa shape index (κ3) is 1.48. The Bertz CT molecular complexity index is 403. The molecule has 2 N–H and O–H groups in total. The van der Waals surface area contributed by atoms with Gasteiger partial charge in [0.25, 0.3) is 0 Å². The van der Waals surface area contributed by atoms with Crippen molar-refractivity contribution in [1.29, 1.82) is 0 Å². The highest BCUT2D eigenvalue weighted by molar-refractivity contribution is 6.08. The number of carboxylic acid groups (broad SMARTS) is 1. The molecule has 0 aromatic carbocycles. The molecule has 0 unspecified atom stereocenters. The number of aryl methyl sites for hydroxylation is 2. The van der Waals surface area contributed by atoms with Crippen LogP contribution in [-0.2, 0) is 0 Å². The van der Waals surface area contributed by atoms with Crippen molar-refractivity contribution in [3.8, 4) is 0 Å². The minimum Gasteiger partial charge on any atom is -0.478 e. The molecule has 0 radical (unpaired) electrons. The molecule has 0 saturated heterocycles. The Balaban J connectivity index is 3.47. The molecule has 5 nitrogen and oxygen atoms in total. The van der Waals surface area contributed by atoms with Crippen molar-refractivity contribution in [1.82, 2.24) is 0 Å². The Labute approximate surface area is 80.6 Å². The second-order valence-electron chi connectivity index (χ2n) is 2.95. The van der Waals surface area contributed by atoms with Gasteiger partial charge in [-0.2, -0.15) is 0 Å². The minimum atomic E-state index is -1.09. The number of furan rings is 1. The Kier molecular flexibility index (Phi) is 2.60. The van der Waals surface area contributed by atoms with Gasteiger partial charge in [-0.05, 0) is 20.8 Å². The van der Waals surface area contributed by atoms with Crippen LogP contribution in [0.3, 0.4) is 0 Å². The average molecular weight is 197 g/mol. The maximum atomic E-state index is 10.9. The Morgan fingerprint density at radius 3 is 2.21 bits per heavy atom. The molecular formula is C9H11NO4. The highest BCUT2D eigenvalue weighted by atomic mass is 16.4. The van der Waals surface area contributed by atoms with Crippen molar-refractivity contribution in [2.24, 2.45) is 5.16 Å². The summed E-state index contributed by atoms with van der Waals surface area (Å²) in [4.78, 5) is 10.9. The Morgan fingerprint density at radius 2 is 1.79 bits per heavy atom. The molecule has 0 spiro atoms. The Hall–Kier alpha value is -1.78. The molecule has 0 bridgehead atoms. The van der Waals surface area contributed by atoms with E-state index in [4.69, 9.17) is 14.7 Å². The van der Waals surface area contributed by atoms with Crippen LogP contribution in [0, 0.1) is 13.8 Å². The van der Waals surface area contributed by atoms with E-state index in [2.05, 4.69) is 5.16 Å². The van der Waals surface area contributed by atoms with E-state index >= 15 is 0 Å². The molecule has 5 heteroatoms. The molecule has 1 rings (SSSR count). The van der Waals surface area contributed by atoms with E-state index in [0.29, 0.717) is 17.1 Å². The lowest BCUT2D eigenvalue weighted by atomic mass is 10.1. The van der Waals surface area contributed by atoms with Crippen molar-refractivity contribution in [2.75, 3.05) is 0 Å². The average Bonchev–Trinajstić information content (AvgIpc) is 2.39. The summed E-state index contributed by atoms with van der Waals surface area (Å²) >= 11 is 0. The van der Waals surface area contributed by atoms with E-state index in [-0.39, 0.29) is 11.3 Å². The smallest absolute Gasteiger partial charge is 0.339 e. The van der Waals surface area contributed by atoms with E-state index in [1.165, 1.54) is 6.92 Å². The zero-order valence-corrected chi connectivity index (χ0v) is 8.16. The van der Waals surface area contributed by atoms with Crippen LogP contribution in [-0.4, -0.2) is 22.0 Å². The first kappa shape index (κ1) is 10.3. The van der Waals surface area contributed by atoms with Gasteiger partial charge in [0.15, 0.2) is 0 Å². The molecule has 0 fully saturated rings. The van der Waals surface area contributed by atoms with Crippen LogP contribution in [0.15, 0.2) is 9.57 Å². The molecular weight excluding hydrogens is 186 g/mol. The number of oxime groups is 1. The van der Waals surface area contributed by atoms with Gasteiger partial charge in [-0.3, -0.25) is 0 Å². The fourth-order valence-electron chi connectivity index (χ4n) is 1.43. The van der Waals surface area contributed by atoms with Gasteiger partial charge in [-0.15, -0.1) is 0 Å². The molecule has 0 amide bonds. The largest absolute Gasteiger partial charge is 0.478 e. The fraction of sp³-hybridized carbons (Fsp3) is 0.333. The number of carbonyl (C=O) groups is 1. The Morgan fingerprint density at radius 1 is 1.29 bits per heavy atom. The van der Waals surface area contributed by atoms with Gasteiger partial charge < -0.3 is 14.7 Å². The standard InChI is InChI=1S/C9H11NO4/c1-4(10-13)7-5(2)14-6(3)8(7)9(11)12/h13H,1-3H3,(H,11,12)/b10-4+. The molecule has 0 aliphatic carbocycles. The second-order valence-corrected chi connectivity index (χ2v) is 2.95. The van der Waals surface area contributed by atoms with Gasteiger partial charge in [0.1, 0.15) is 17.1 Å². The highest BCUT2D eigenvalue weighted by Gasteiger charge is 2.22. The van der Waals surface area contributed by atoms with Crippen molar-refractivity contribution in [2.45, 2.75) is 20.8 Å². The number of hydrogen-bond acceptors (Lipinski definition) is 4. The molecule has 1 heterocycles. The van der Waals surface area contributed by atoms with E-state index in [1.54, 1.807) is 13.8 Å². The molecule has 0 aliphatic heterocycles. The summed E-state index contributed by atoms with van der Waals surface area (Å²) in [5, 5.41) is 20.5. The van der Waals surface area contributed by atoms with E-state index in [1.807, 2.05) is 0 Å². The quantitative estimate of drug-likeness (QED) is 0.430. The van der Waals surface area contributed by atoms with Crippen LogP contribution in [0.4, 0.5) is 0 Å². The zero-order valence-electron chi connectivity index (χ0n) is 8.16. The number of carboxylic acids is 1. The first-order valence-corrected chi connectivity index (χ1v) is 4.01. The topological polar surface area (TPSA) is 83.0 Å². The summed E-state index contributed by atoms with van der Waals surface area (Å²) in [5.41, 5.74) is 0.632. The first-order chi connectivity index (χ1) is 6.49. The summed E-state index contributed by atoms with van der Waals surface area (Å²) in [5.74, 6) is -0.333. The summed E-state index contributed by atoms with van der Waals surface area (Å²) in [6, 6.07) is 0. The molecule has 0 atom stereocenters. The first-order valence-electron chi connectivity index (χ1n) is 4.01. The van der Waals surface area contributed by atoms with E-state index in [0.717, 1.165) is 0 Å². The van der Waals surface area contributed by atoms with Crippen LogP contribution in [0.2, 0.25) is 0 Å². The van der Waals surface area contributed by atoms with Gasteiger partial charge >= 0.3 is 5.97 Å². The predicted molar refractivity (Wildman–Crippen MR) is 49.1 cm³/mol. The number of rotatable bonds is 2. The molecule has 1 aromatic rings. The monoisotopic (exact) mass is 197 g/mol. The van der Waals surface area contributed by atoms with E-state index in [9.17, 15) is 4.79 Å². The fourth-order valence-corrected chi connectivity index (χ4v) is 1.43. The molecule has 1 aromatic heterocycles. The van der Waals surface area contributed by atoms with Crippen LogP contribution in [0.25, 0.3) is 0 Å². The van der Waals surface area contributed by atoms with Gasteiger partial charge in [-0.1, -0.05) is 5.16 Å². The zero-order chi connectivity index (χ0) is 10.9. The summed E-state index contributed by atoms with van der Waals surface area (Å²) in [6.45, 7) is 4.71.